The molecule has 7 nitrogen and oxygen atoms in total. The van der Waals surface area contributed by atoms with Gasteiger partial charge in [-0.05, 0) is 31.0 Å². The molecule has 3 N–H and O–H groups in total. The van der Waals surface area contributed by atoms with Gasteiger partial charge in [-0.25, -0.2) is 15.0 Å². The number of benzene rings is 1. The molecule has 0 unspecified atom stereocenters. The van der Waals surface area contributed by atoms with Gasteiger partial charge in [-0.1, -0.05) is 37.8 Å². The maximum Gasteiger partial charge on any atom is 0.263 e. The van der Waals surface area contributed by atoms with Gasteiger partial charge < -0.3 is 15.7 Å². The van der Waals surface area contributed by atoms with Gasteiger partial charge in [0.25, 0.3) is 5.91 Å². The number of amides is 1. The van der Waals surface area contributed by atoms with Gasteiger partial charge in [0.05, 0.1) is 5.69 Å². The van der Waals surface area contributed by atoms with E-state index in [2.05, 4.69) is 35.7 Å². The van der Waals surface area contributed by atoms with E-state index in [1.165, 1.54) is 4.90 Å². The lowest BCUT2D eigenvalue weighted by Gasteiger charge is -2.15. The Morgan fingerprint density at radius 3 is 2.73 bits per heavy atom. The molecule has 0 radical (unpaired) electrons. The molecule has 0 aliphatic heterocycles. The van der Waals surface area contributed by atoms with Gasteiger partial charge in [-0.3, -0.25) is 4.79 Å². The smallest absolute Gasteiger partial charge is 0.263 e. The molecule has 0 saturated heterocycles. The minimum Gasteiger partial charge on any atom is -0.382 e. The number of rotatable bonds is 4. The molecule has 2 aromatic heterocycles. The van der Waals surface area contributed by atoms with Crippen molar-refractivity contribution in [3.05, 3.63) is 47.8 Å². The molecule has 2 heterocycles. The number of nitrogens with zero attached hydrogens (tertiary/aromatic N) is 4. The monoisotopic (exact) mass is 403 g/mol. The van der Waals surface area contributed by atoms with Gasteiger partial charge in [0.15, 0.2) is 11.9 Å². The van der Waals surface area contributed by atoms with Crippen LogP contribution >= 0.6 is 0 Å². The van der Waals surface area contributed by atoms with Crippen LogP contribution in [0, 0.1) is 11.8 Å². The maximum atomic E-state index is 12.0. The van der Waals surface area contributed by atoms with Gasteiger partial charge in [-0.15, -0.1) is 0 Å². The minimum atomic E-state index is -1.37. The molecular formula is C23H25N5O2. The summed E-state index contributed by atoms with van der Waals surface area (Å²) in [4.78, 5) is 26.9. The zero-order chi connectivity index (χ0) is 21.8. The van der Waals surface area contributed by atoms with Gasteiger partial charge >= 0.3 is 0 Å². The van der Waals surface area contributed by atoms with Crippen molar-refractivity contribution < 1.29 is 9.90 Å². The van der Waals surface area contributed by atoms with Crippen LogP contribution in [0.15, 0.2) is 36.5 Å². The van der Waals surface area contributed by atoms with Crippen LogP contribution in [-0.4, -0.2) is 50.6 Å². The molecule has 0 spiro atoms. The number of aromatic nitrogens is 3. The van der Waals surface area contributed by atoms with E-state index in [0.717, 1.165) is 16.6 Å². The van der Waals surface area contributed by atoms with E-state index in [4.69, 9.17) is 10.7 Å². The third kappa shape index (κ3) is 4.39. The summed E-state index contributed by atoms with van der Waals surface area (Å²) in [6, 6.07) is 9.22. The standard InChI is InChI=1S/C23H25N5O2/c1-5-28(4)23(30)18(29)10-9-15-7-6-8-16(13-15)22-26-19(14(2)3)17-11-12-25-21(24)20(17)27-22/h6-8,11-14,18,29H,5H2,1-4H3,(H2,24,25)/t18-/m1/s1. The van der Waals surface area contributed by atoms with Crippen molar-refractivity contribution in [3.63, 3.8) is 0 Å². The molecule has 30 heavy (non-hydrogen) atoms. The SMILES string of the molecule is CCN(C)C(=O)[C@H](O)C#Cc1cccc(-c2nc(C(C)C)c3ccnc(N)c3n2)c1. The number of likely N-dealkylation sites (N-methyl/N-ethyl adjacent to an activating group) is 1. The Morgan fingerprint density at radius 1 is 1.27 bits per heavy atom. The Labute approximate surface area is 176 Å². The third-order valence-corrected chi connectivity index (χ3v) is 4.78. The maximum absolute atomic E-state index is 12.0. The lowest BCUT2D eigenvalue weighted by Crippen LogP contribution is -2.35. The number of pyridine rings is 1. The number of aliphatic hydroxyl groups is 1. The van der Waals surface area contributed by atoms with Crippen molar-refractivity contribution in [2.75, 3.05) is 19.3 Å². The highest BCUT2D eigenvalue weighted by atomic mass is 16.3. The number of hydrogen-bond donors (Lipinski definition) is 2. The predicted molar refractivity (Wildman–Crippen MR) is 117 cm³/mol. The lowest BCUT2D eigenvalue weighted by molar-refractivity contribution is -0.135. The molecule has 0 fully saturated rings. The van der Waals surface area contributed by atoms with Crippen LogP contribution in [-0.2, 0) is 4.79 Å². The molecule has 0 bridgehead atoms. The molecular weight excluding hydrogens is 378 g/mol. The quantitative estimate of drug-likeness (QED) is 0.649. The van der Waals surface area contributed by atoms with Crippen molar-refractivity contribution in [2.45, 2.75) is 32.8 Å². The normalized spacial score (nSPS) is 11.8. The summed E-state index contributed by atoms with van der Waals surface area (Å²) in [5.41, 5.74) is 8.98. The van der Waals surface area contributed by atoms with Crippen molar-refractivity contribution in [2.24, 2.45) is 0 Å². The Morgan fingerprint density at radius 2 is 2.03 bits per heavy atom. The van der Waals surface area contributed by atoms with Crippen LogP contribution < -0.4 is 5.73 Å². The van der Waals surface area contributed by atoms with E-state index in [1.54, 1.807) is 19.3 Å². The fourth-order valence-corrected chi connectivity index (χ4v) is 2.98. The molecule has 7 heteroatoms. The van der Waals surface area contributed by atoms with Gasteiger partial charge in [0.2, 0.25) is 0 Å². The first kappa shape index (κ1) is 21.2. The summed E-state index contributed by atoms with van der Waals surface area (Å²) in [5, 5.41) is 10.9. The fourth-order valence-electron chi connectivity index (χ4n) is 2.98. The van der Waals surface area contributed by atoms with E-state index in [9.17, 15) is 9.90 Å². The number of fused-ring (bicyclic) bond motifs is 1. The molecule has 1 atom stereocenters. The molecule has 3 rings (SSSR count). The minimum absolute atomic E-state index is 0.177. The highest BCUT2D eigenvalue weighted by molar-refractivity contribution is 5.90. The van der Waals surface area contributed by atoms with Crippen molar-refractivity contribution in [3.8, 4) is 23.2 Å². The number of anilines is 1. The average molecular weight is 403 g/mol. The zero-order valence-corrected chi connectivity index (χ0v) is 17.5. The zero-order valence-electron chi connectivity index (χ0n) is 17.5. The summed E-state index contributed by atoms with van der Waals surface area (Å²) >= 11 is 0. The summed E-state index contributed by atoms with van der Waals surface area (Å²) < 4.78 is 0. The van der Waals surface area contributed by atoms with Crippen molar-refractivity contribution in [1.29, 1.82) is 0 Å². The molecule has 0 saturated carbocycles. The second kappa shape index (κ2) is 8.89. The second-order valence-corrected chi connectivity index (χ2v) is 7.28. The largest absolute Gasteiger partial charge is 0.382 e. The number of nitrogens with two attached hydrogens (primary N) is 1. The summed E-state index contributed by atoms with van der Waals surface area (Å²) in [5.74, 6) is 6.10. The van der Waals surface area contributed by atoms with Gasteiger partial charge in [-0.2, -0.15) is 0 Å². The highest BCUT2D eigenvalue weighted by Gasteiger charge is 2.16. The first-order chi connectivity index (χ1) is 14.3. The first-order valence-electron chi connectivity index (χ1n) is 9.79. The van der Waals surface area contributed by atoms with Gasteiger partial charge in [0, 0.05) is 36.3 Å². The number of carbonyl (C=O) groups excluding carboxylic acids is 1. The summed E-state index contributed by atoms with van der Waals surface area (Å²) in [7, 11) is 1.62. The Kier molecular flexibility index (Phi) is 6.28. The second-order valence-electron chi connectivity index (χ2n) is 7.28. The predicted octanol–water partition coefficient (Wildman–Crippen LogP) is 2.59. The van der Waals surface area contributed by atoms with Crippen molar-refractivity contribution in [1.82, 2.24) is 19.9 Å². The molecule has 1 amide bonds. The topological polar surface area (TPSA) is 105 Å². The van der Waals surface area contributed by atoms with E-state index in [-0.39, 0.29) is 5.92 Å². The lowest BCUT2D eigenvalue weighted by atomic mass is 10.0. The van der Waals surface area contributed by atoms with Crippen LogP contribution in [0.4, 0.5) is 5.82 Å². The Bertz CT molecular complexity index is 1150. The number of carbonyl (C=O) groups is 1. The number of nitrogen functional groups attached to an aromatic ring is 1. The van der Waals surface area contributed by atoms with Crippen molar-refractivity contribution >= 4 is 22.6 Å². The molecule has 0 aliphatic rings. The molecule has 1 aromatic carbocycles. The molecule has 3 aromatic rings. The Hall–Kier alpha value is -3.50. The van der Waals surface area contributed by atoms with Gasteiger partial charge in [0.1, 0.15) is 11.3 Å². The number of hydrogen-bond acceptors (Lipinski definition) is 6. The van der Waals surface area contributed by atoms with Crippen LogP contribution in [0.2, 0.25) is 0 Å². The van der Waals surface area contributed by atoms with Crippen LogP contribution in [0.3, 0.4) is 0 Å². The van der Waals surface area contributed by atoms with E-state index >= 15 is 0 Å². The number of aliphatic hydroxyl groups excluding tert-OH is 1. The van der Waals surface area contributed by atoms with E-state index < -0.39 is 12.0 Å². The molecule has 0 aliphatic carbocycles. The molecule has 154 valence electrons. The van der Waals surface area contributed by atoms with Crippen LogP contribution in [0.1, 0.15) is 37.9 Å². The fraction of sp³-hybridized carbons (Fsp3) is 0.304. The summed E-state index contributed by atoms with van der Waals surface area (Å²) in [6.07, 6.45) is 0.291. The highest BCUT2D eigenvalue weighted by Crippen LogP contribution is 2.28. The van der Waals surface area contributed by atoms with E-state index in [0.29, 0.717) is 29.3 Å². The average Bonchev–Trinajstić information content (AvgIpc) is 2.76. The summed E-state index contributed by atoms with van der Waals surface area (Å²) in [6.45, 7) is 6.47. The first-order valence-corrected chi connectivity index (χ1v) is 9.79. The van der Waals surface area contributed by atoms with Crippen LogP contribution in [0.25, 0.3) is 22.3 Å². The van der Waals surface area contributed by atoms with E-state index in [1.807, 2.05) is 31.2 Å². The Balaban J connectivity index is 2.01. The van der Waals surface area contributed by atoms with Crippen LogP contribution in [0.5, 0.6) is 0 Å². The third-order valence-electron chi connectivity index (χ3n) is 4.78.